The van der Waals surface area contributed by atoms with E-state index in [1.54, 1.807) is 0 Å². The van der Waals surface area contributed by atoms with Crippen LogP contribution in [-0.2, 0) is 0 Å². The average Bonchev–Trinajstić information content (AvgIpc) is 3.87. The van der Waals surface area contributed by atoms with Crippen LogP contribution >= 0.6 is 0 Å². The van der Waals surface area contributed by atoms with Gasteiger partial charge in [0.05, 0.1) is 33.4 Å². The Hall–Kier alpha value is -8.78. The summed E-state index contributed by atoms with van der Waals surface area (Å²) in [5, 5.41) is 16.3. The molecular weight excluding hydrogens is 837 g/mol. The number of fused-ring (bicyclic) bond motifs is 6. The van der Waals surface area contributed by atoms with E-state index in [2.05, 4.69) is 242 Å². The van der Waals surface area contributed by atoms with E-state index in [4.69, 9.17) is 0 Å². The van der Waals surface area contributed by atoms with Crippen molar-refractivity contribution in [2.24, 2.45) is 0 Å². The van der Waals surface area contributed by atoms with Crippen molar-refractivity contribution in [3.8, 4) is 73.1 Å². The highest BCUT2D eigenvalue weighted by molar-refractivity contribution is 6.14. The third-order valence-corrected chi connectivity index (χ3v) is 14.3. The number of aromatic nitrogens is 3. The molecule has 3 heterocycles. The molecular formula is C65H48N4. The van der Waals surface area contributed by atoms with Crippen LogP contribution in [0, 0.1) is 45.9 Å². The quantitative estimate of drug-likeness (QED) is 0.160. The maximum absolute atomic E-state index is 11.8. The molecule has 0 aliphatic carbocycles. The minimum Gasteiger partial charge on any atom is -0.308 e. The molecule has 69 heavy (non-hydrogen) atoms. The summed E-state index contributed by atoms with van der Waals surface area (Å²) in [4.78, 5) is 4.60. The van der Waals surface area contributed by atoms with Gasteiger partial charge >= 0.3 is 0 Å². The summed E-state index contributed by atoms with van der Waals surface area (Å²) < 4.78 is 4.65. The molecule has 0 spiro atoms. The van der Waals surface area contributed by atoms with Gasteiger partial charge in [0, 0.05) is 33.4 Å². The molecule has 0 fully saturated rings. The fraction of sp³-hybridized carbons (Fsp3) is 0.0769. The molecule has 0 bridgehead atoms. The highest BCUT2D eigenvalue weighted by Crippen LogP contribution is 2.44. The topological polar surface area (TPSA) is 46.5 Å². The summed E-state index contributed by atoms with van der Waals surface area (Å²) in [6.45, 7) is 10.7. The van der Waals surface area contributed by atoms with E-state index in [0.717, 1.165) is 94.1 Å². The molecule has 0 atom stereocenters. The molecule has 12 rings (SSSR count). The van der Waals surface area contributed by atoms with Crippen molar-refractivity contribution in [3.05, 3.63) is 234 Å². The summed E-state index contributed by atoms with van der Waals surface area (Å²) in [7, 11) is 0. The van der Waals surface area contributed by atoms with Crippen LogP contribution in [0.1, 0.15) is 33.5 Å². The van der Waals surface area contributed by atoms with Gasteiger partial charge < -0.3 is 9.13 Å². The number of benzene rings is 9. The predicted octanol–water partition coefficient (Wildman–Crippen LogP) is 17.0. The van der Waals surface area contributed by atoms with Crippen LogP contribution in [0.15, 0.2) is 200 Å². The molecule has 4 heteroatoms. The first-order valence-electron chi connectivity index (χ1n) is 23.7. The van der Waals surface area contributed by atoms with E-state index < -0.39 is 0 Å². The third-order valence-electron chi connectivity index (χ3n) is 14.3. The second-order valence-corrected chi connectivity index (χ2v) is 18.5. The Morgan fingerprint density at radius 3 is 0.986 bits per heavy atom. The van der Waals surface area contributed by atoms with Crippen LogP contribution in [0.25, 0.3) is 111 Å². The molecule has 0 saturated carbocycles. The Kier molecular flexibility index (Phi) is 9.97. The van der Waals surface area contributed by atoms with Crippen molar-refractivity contribution in [1.29, 1.82) is 5.26 Å². The number of pyridine rings is 1. The molecule has 3 aromatic heterocycles. The van der Waals surface area contributed by atoms with Crippen molar-refractivity contribution >= 4 is 43.6 Å². The van der Waals surface area contributed by atoms with E-state index in [1.165, 1.54) is 44.5 Å². The van der Waals surface area contributed by atoms with Crippen LogP contribution in [0.4, 0.5) is 0 Å². The molecule has 0 unspecified atom stereocenters. The standard InChI is InChI=1S/C65H48N4/c1-40-14-6-10-18-51(40)46-22-26-60-55(33-46)56-34-47(52-19-11-7-15-41(52)2)23-27-61(56)68(60)64-37-50(45-30-31-67-44(5)32-45)38-65(59(64)39-66)69-62-28-24-48(53-20-12-8-16-42(53)3)35-57(62)58-36-49(25-29-63(58)69)54-21-13-9-17-43(54)4/h6-38H,1-5H3. The van der Waals surface area contributed by atoms with Crippen molar-refractivity contribution < 1.29 is 0 Å². The lowest BCUT2D eigenvalue weighted by molar-refractivity contribution is 1.12. The highest BCUT2D eigenvalue weighted by atomic mass is 15.0. The number of hydrogen-bond acceptors (Lipinski definition) is 2. The second-order valence-electron chi connectivity index (χ2n) is 18.5. The van der Waals surface area contributed by atoms with Crippen LogP contribution in [-0.4, -0.2) is 14.1 Å². The first-order valence-corrected chi connectivity index (χ1v) is 23.7. The summed E-state index contributed by atoms with van der Waals surface area (Å²) in [6, 6.07) is 73.1. The molecule has 0 amide bonds. The lowest BCUT2D eigenvalue weighted by Gasteiger charge is -2.19. The van der Waals surface area contributed by atoms with Gasteiger partial charge in [-0.3, -0.25) is 4.98 Å². The van der Waals surface area contributed by atoms with Crippen molar-refractivity contribution in [1.82, 2.24) is 14.1 Å². The zero-order valence-corrected chi connectivity index (χ0v) is 39.3. The van der Waals surface area contributed by atoms with E-state index in [1.807, 2.05) is 13.1 Å². The van der Waals surface area contributed by atoms with E-state index in [-0.39, 0.29) is 0 Å². The molecule has 0 aliphatic rings. The van der Waals surface area contributed by atoms with Gasteiger partial charge in [0.25, 0.3) is 0 Å². The smallest absolute Gasteiger partial charge is 0.104 e. The zero-order chi connectivity index (χ0) is 46.9. The van der Waals surface area contributed by atoms with Gasteiger partial charge in [-0.15, -0.1) is 0 Å². The first kappa shape index (κ1) is 41.6. The van der Waals surface area contributed by atoms with E-state index >= 15 is 0 Å². The highest BCUT2D eigenvalue weighted by Gasteiger charge is 2.24. The third kappa shape index (κ3) is 6.93. The van der Waals surface area contributed by atoms with E-state index in [9.17, 15) is 5.26 Å². The van der Waals surface area contributed by atoms with Crippen LogP contribution < -0.4 is 0 Å². The molecule has 0 radical (unpaired) electrons. The second kappa shape index (κ2) is 16.5. The molecule has 9 aromatic carbocycles. The van der Waals surface area contributed by atoms with Gasteiger partial charge in [0.1, 0.15) is 11.6 Å². The van der Waals surface area contributed by atoms with Crippen LogP contribution in [0.3, 0.4) is 0 Å². The molecule has 328 valence electrons. The number of nitriles is 1. The maximum Gasteiger partial charge on any atom is 0.104 e. The largest absolute Gasteiger partial charge is 0.308 e. The molecule has 0 N–H and O–H groups in total. The SMILES string of the molecule is Cc1cc(-c2cc(-n3c4ccc(-c5ccccc5C)cc4c4cc(-c5ccccc5C)ccc43)c(C#N)c(-n3c4ccc(-c5ccccc5C)cc4c4cc(-c5ccccc5C)ccc43)c2)ccn1. The summed E-state index contributed by atoms with van der Waals surface area (Å²) in [6.07, 6.45) is 1.88. The Bertz CT molecular complexity index is 3660. The fourth-order valence-electron chi connectivity index (χ4n) is 10.8. The summed E-state index contributed by atoms with van der Waals surface area (Å²) in [5.41, 5.74) is 23.6. The molecule has 0 aliphatic heterocycles. The van der Waals surface area contributed by atoms with Gasteiger partial charge in [0.2, 0.25) is 0 Å². The lowest BCUT2D eigenvalue weighted by atomic mass is 9.97. The van der Waals surface area contributed by atoms with Gasteiger partial charge in [-0.2, -0.15) is 5.26 Å². The number of nitrogens with zero attached hydrogens (tertiary/aromatic N) is 4. The van der Waals surface area contributed by atoms with Gasteiger partial charge in [0.15, 0.2) is 0 Å². The Morgan fingerprint density at radius 1 is 0.348 bits per heavy atom. The summed E-state index contributed by atoms with van der Waals surface area (Å²) >= 11 is 0. The minimum absolute atomic E-state index is 0.582. The van der Waals surface area contributed by atoms with Crippen LogP contribution in [0.2, 0.25) is 0 Å². The van der Waals surface area contributed by atoms with Crippen molar-refractivity contribution in [3.63, 3.8) is 0 Å². The molecule has 0 saturated heterocycles. The Labute approximate surface area is 402 Å². The van der Waals surface area contributed by atoms with Crippen molar-refractivity contribution in [2.45, 2.75) is 34.6 Å². The van der Waals surface area contributed by atoms with Gasteiger partial charge in [-0.25, -0.2) is 0 Å². The molecule has 4 nitrogen and oxygen atoms in total. The minimum atomic E-state index is 0.582. The summed E-state index contributed by atoms with van der Waals surface area (Å²) in [5.74, 6) is 0. The van der Waals surface area contributed by atoms with Crippen molar-refractivity contribution in [2.75, 3.05) is 0 Å². The number of aryl methyl sites for hydroxylation is 5. The zero-order valence-electron chi connectivity index (χ0n) is 39.3. The Balaban J connectivity index is 1.19. The fourth-order valence-corrected chi connectivity index (χ4v) is 10.8. The number of hydrogen-bond donors (Lipinski definition) is 0. The first-order chi connectivity index (χ1) is 33.7. The van der Waals surface area contributed by atoms with Crippen LogP contribution in [0.5, 0.6) is 0 Å². The monoisotopic (exact) mass is 884 g/mol. The van der Waals surface area contributed by atoms with Gasteiger partial charge in [-0.05, 0) is 185 Å². The predicted molar refractivity (Wildman–Crippen MR) is 288 cm³/mol. The Morgan fingerprint density at radius 2 is 0.681 bits per heavy atom. The lowest BCUT2D eigenvalue weighted by Crippen LogP contribution is -2.05. The maximum atomic E-state index is 11.8. The average molecular weight is 885 g/mol. The normalized spacial score (nSPS) is 11.5. The van der Waals surface area contributed by atoms with Gasteiger partial charge in [-0.1, -0.05) is 121 Å². The number of rotatable bonds is 7. The van der Waals surface area contributed by atoms with E-state index in [0.29, 0.717) is 5.56 Å². The molecule has 12 aromatic rings.